The minimum Gasteiger partial charge on any atom is -0.477 e. The molecular formula is C13H17N3O4. The minimum atomic E-state index is -0.523. The van der Waals surface area contributed by atoms with Crippen molar-refractivity contribution in [3.63, 3.8) is 0 Å². The van der Waals surface area contributed by atoms with Gasteiger partial charge in [-0.3, -0.25) is 14.9 Å². The molecule has 1 amide bonds. The summed E-state index contributed by atoms with van der Waals surface area (Å²) in [6, 6.07) is 6.20. The molecule has 0 aliphatic carbocycles. The Morgan fingerprint density at radius 1 is 1.55 bits per heavy atom. The molecule has 1 aromatic carbocycles. The van der Waals surface area contributed by atoms with Crippen molar-refractivity contribution in [3.05, 3.63) is 34.4 Å². The maximum atomic E-state index is 12.0. The van der Waals surface area contributed by atoms with Crippen molar-refractivity contribution in [1.82, 2.24) is 10.2 Å². The second-order valence-corrected chi connectivity index (χ2v) is 4.66. The van der Waals surface area contributed by atoms with Crippen LogP contribution >= 0.6 is 0 Å². The molecule has 0 spiro atoms. The van der Waals surface area contributed by atoms with Crippen LogP contribution in [0.15, 0.2) is 24.3 Å². The van der Waals surface area contributed by atoms with Crippen molar-refractivity contribution in [2.24, 2.45) is 0 Å². The Bertz CT molecular complexity index is 500. The van der Waals surface area contributed by atoms with Crippen LogP contribution in [-0.4, -0.2) is 48.5 Å². The Morgan fingerprint density at radius 2 is 2.30 bits per heavy atom. The molecule has 108 valence electrons. The van der Waals surface area contributed by atoms with Crippen molar-refractivity contribution in [1.29, 1.82) is 0 Å². The molecule has 1 N–H and O–H groups in total. The summed E-state index contributed by atoms with van der Waals surface area (Å²) >= 11 is 0. The fourth-order valence-electron chi connectivity index (χ4n) is 2.14. The van der Waals surface area contributed by atoms with E-state index in [0.29, 0.717) is 0 Å². The second-order valence-electron chi connectivity index (χ2n) is 4.66. The van der Waals surface area contributed by atoms with Crippen LogP contribution in [0, 0.1) is 10.1 Å². The maximum Gasteiger partial charge on any atom is 0.310 e. The van der Waals surface area contributed by atoms with Crippen molar-refractivity contribution < 1.29 is 14.5 Å². The van der Waals surface area contributed by atoms with Gasteiger partial charge in [0.1, 0.15) is 0 Å². The molecule has 1 aliphatic rings. The summed E-state index contributed by atoms with van der Waals surface area (Å²) in [4.78, 5) is 23.9. The van der Waals surface area contributed by atoms with Gasteiger partial charge in [0.05, 0.1) is 4.92 Å². The molecular weight excluding hydrogens is 262 g/mol. The topological polar surface area (TPSA) is 84.7 Å². The zero-order chi connectivity index (χ0) is 14.5. The number of carbonyl (C=O) groups is 1. The predicted molar refractivity (Wildman–Crippen MR) is 72.6 cm³/mol. The van der Waals surface area contributed by atoms with E-state index in [-0.39, 0.29) is 30.0 Å². The summed E-state index contributed by atoms with van der Waals surface area (Å²) in [5.74, 6) is -0.0688. The lowest BCUT2D eigenvalue weighted by atomic mass is 10.2. The Morgan fingerprint density at radius 3 is 2.95 bits per heavy atom. The predicted octanol–water partition coefficient (Wildman–Crippen LogP) is 0.794. The molecule has 1 aromatic rings. The molecule has 0 radical (unpaired) electrons. The molecule has 1 fully saturated rings. The lowest BCUT2D eigenvalue weighted by Crippen LogP contribution is -2.40. The van der Waals surface area contributed by atoms with Crippen LogP contribution in [-0.2, 0) is 4.79 Å². The van der Waals surface area contributed by atoms with Gasteiger partial charge in [-0.15, -0.1) is 0 Å². The zero-order valence-corrected chi connectivity index (χ0v) is 11.2. The molecule has 0 saturated carbocycles. The monoisotopic (exact) mass is 279 g/mol. The quantitative estimate of drug-likeness (QED) is 0.636. The number of carbonyl (C=O) groups excluding carboxylic acids is 1. The number of amides is 1. The largest absolute Gasteiger partial charge is 0.477 e. The second kappa shape index (κ2) is 6.33. The third kappa shape index (κ3) is 3.24. The maximum absolute atomic E-state index is 12.0. The lowest BCUT2D eigenvalue weighted by molar-refractivity contribution is -0.385. The number of ether oxygens (including phenoxy) is 1. The number of hydrogen-bond donors (Lipinski definition) is 1. The van der Waals surface area contributed by atoms with E-state index < -0.39 is 4.92 Å². The van der Waals surface area contributed by atoms with Crippen LogP contribution in [0.25, 0.3) is 0 Å². The first-order chi connectivity index (χ1) is 9.59. The van der Waals surface area contributed by atoms with E-state index in [1.165, 1.54) is 12.1 Å². The first-order valence-corrected chi connectivity index (χ1v) is 6.42. The van der Waals surface area contributed by atoms with Gasteiger partial charge in [-0.25, -0.2) is 0 Å². The fraction of sp³-hybridized carbons (Fsp3) is 0.462. The molecule has 0 aromatic heterocycles. The van der Waals surface area contributed by atoms with E-state index in [1.54, 1.807) is 24.1 Å². The highest BCUT2D eigenvalue weighted by Crippen LogP contribution is 2.25. The first-order valence-electron chi connectivity index (χ1n) is 6.42. The number of rotatable bonds is 5. The van der Waals surface area contributed by atoms with E-state index in [9.17, 15) is 14.9 Å². The van der Waals surface area contributed by atoms with Crippen molar-refractivity contribution in [2.75, 3.05) is 26.7 Å². The molecule has 2 rings (SSSR count). The molecule has 20 heavy (non-hydrogen) atoms. The first kappa shape index (κ1) is 14.3. The standard InChI is InChI=1S/C13H17N3O4/c1-15(10-6-7-14-8-10)13(17)9-20-12-5-3-2-4-11(12)16(18)19/h2-5,10,14H,6-9H2,1H3. The Kier molecular flexibility index (Phi) is 4.52. The van der Waals surface area contributed by atoms with E-state index >= 15 is 0 Å². The highest BCUT2D eigenvalue weighted by Gasteiger charge is 2.24. The molecule has 1 saturated heterocycles. The van der Waals surface area contributed by atoms with Gasteiger partial charge in [0, 0.05) is 25.7 Å². The van der Waals surface area contributed by atoms with Gasteiger partial charge >= 0.3 is 5.69 Å². The normalized spacial score (nSPS) is 17.8. The van der Waals surface area contributed by atoms with Gasteiger partial charge in [0.15, 0.2) is 12.4 Å². The number of nitrogens with one attached hydrogen (secondary N) is 1. The summed E-state index contributed by atoms with van der Waals surface area (Å²) in [6.45, 7) is 1.47. The molecule has 1 atom stereocenters. The third-order valence-corrected chi connectivity index (χ3v) is 3.39. The minimum absolute atomic E-state index is 0.115. The van der Waals surface area contributed by atoms with Gasteiger partial charge in [0.25, 0.3) is 5.91 Å². The highest BCUT2D eigenvalue weighted by molar-refractivity contribution is 5.78. The number of nitro benzene ring substituents is 1. The molecule has 7 heteroatoms. The third-order valence-electron chi connectivity index (χ3n) is 3.39. The summed E-state index contributed by atoms with van der Waals surface area (Å²) in [5, 5.41) is 14.0. The highest BCUT2D eigenvalue weighted by atomic mass is 16.6. The smallest absolute Gasteiger partial charge is 0.310 e. The Balaban J connectivity index is 1.94. The molecule has 7 nitrogen and oxygen atoms in total. The van der Waals surface area contributed by atoms with Gasteiger partial charge in [-0.05, 0) is 19.0 Å². The summed E-state index contributed by atoms with van der Waals surface area (Å²) in [6.07, 6.45) is 0.910. The van der Waals surface area contributed by atoms with Crippen LogP contribution in [0.5, 0.6) is 5.75 Å². The number of para-hydroxylation sites is 2. The van der Waals surface area contributed by atoms with Crippen LogP contribution in [0.4, 0.5) is 5.69 Å². The van der Waals surface area contributed by atoms with E-state index in [4.69, 9.17) is 4.74 Å². The molecule has 1 aliphatic heterocycles. The van der Waals surface area contributed by atoms with Gasteiger partial charge in [0.2, 0.25) is 0 Å². The Hall–Kier alpha value is -2.15. The number of likely N-dealkylation sites (N-methyl/N-ethyl adjacent to an activating group) is 1. The van der Waals surface area contributed by atoms with Crippen molar-refractivity contribution in [2.45, 2.75) is 12.5 Å². The van der Waals surface area contributed by atoms with Crippen molar-refractivity contribution >= 4 is 11.6 Å². The number of nitrogens with zero attached hydrogens (tertiary/aromatic N) is 2. The fourth-order valence-corrected chi connectivity index (χ4v) is 2.14. The van der Waals surface area contributed by atoms with Crippen LogP contribution < -0.4 is 10.1 Å². The van der Waals surface area contributed by atoms with E-state index in [0.717, 1.165) is 19.5 Å². The summed E-state index contributed by atoms with van der Waals surface area (Å²) in [5.41, 5.74) is -0.134. The summed E-state index contributed by atoms with van der Waals surface area (Å²) in [7, 11) is 1.72. The van der Waals surface area contributed by atoms with E-state index in [2.05, 4.69) is 5.32 Å². The molecule has 1 heterocycles. The van der Waals surface area contributed by atoms with Crippen molar-refractivity contribution in [3.8, 4) is 5.75 Å². The summed E-state index contributed by atoms with van der Waals surface area (Å²) < 4.78 is 5.29. The zero-order valence-electron chi connectivity index (χ0n) is 11.2. The molecule has 1 unspecified atom stereocenters. The number of benzene rings is 1. The number of nitro groups is 1. The van der Waals surface area contributed by atoms with E-state index in [1.807, 2.05) is 0 Å². The van der Waals surface area contributed by atoms with Crippen LogP contribution in [0.3, 0.4) is 0 Å². The molecule has 0 bridgehead atoms. The average molecular weight is 279 g/mol. The average Bonchev–Trinajstić information content (AvgIpc) is 2.98. The van der Waals surface area contributed by atoms with Crippen LogP contribution in [0.1, 0.15) is 6.42 Å². The van der Waals surface area contributed by atoms with Gasteiger partial charge in [-0.1, -0.05) is 12.1 Å². The number of hydrogen-bond acceptors (Lipinski definition) is 5. The Labute approximate surface area is 116 Å². The van der Waals surface area contributed by atoms with Gasteiger partial charge < -0.3 is 15.0 Å². The van der Waals surface area contributed by atoms with Gasteiger partial charge in [-0.2, -0.15) is 0 Å². The van der Waals surface area contributed by atoms with Crippen LogP contribution in [0.2, 0.25) is 0 Å². The SMILES string of the molecule is CN(C(=O)COc1ccccc1[N+](=O)[O-])C1CCNC1. The lowest BCUT2D eigenvalue weighted by Gasteiger charge is -2.23.